The maximum Gasteiger partial charge on any atom is 0.216 e. The van der Waals surface area contributed by atoms with E-state index in [1.165, 1.54) is 28.4 Å². The van der Waals surface area contributed by atoms with Gasteiger partial charge in [0.2, 0.25) is 11.8 Å². The molecule has 0 spiro atoms. The van der Waals surface area contributed by atoms with Gasteiger partial charge in [0, 0.05) is 227 Å². The second-order valence-corrected chi connectivity index (χ2v) is 38.8. The van der Waals surface area contributed by atoms with E-state index in [2.05, 4.69) is 134 Å². The molecule has 0 aliphatic carbocycles. The number of aryl methyl sites for hydroxylation is 2. The molecule has 5 fully saturated rings. The molecule has 19 heterocycles. The van der Waals surface area contributed by atoms with Crippen LogP contribution in [0.2, 0.25) is 0 Å². The maximum atomic E-state index is 10.3. The van der Waals surface area contributed by atoms with Crippen LogP contribution < -0.4 is 54.9 Å². The molecular formula is C99H109N25O10S2. The number of fused-ring (bicyclic) bond motifs is 6. The lowest BCUT2D eigenvalue weighted by Gasteiger charge is -2.46. The zero-order valence-corrected chi connectivity index (χ0v) is 78.9. The third kappa shape index (κ3) is 19.8. The highest BCUT2D eigenvalue weighted by atomic mass is 32.1. The lowest BCUT2D eigenvalue weighted by atomic mass is 9.96. The van der Waals surface area contributed by atoms with Gasteiger partial charge in [0.1, 0.15) is 44.1 Å². The Bertz CT molecular complexity index is 6950. The van der Waals surface area contributed by atoms with Crippen molar-refractivity contribution in [1.29, 1.82) is 0 Å². The summed E-state index contributed by atoms with van der Waals surface area (Å²) in [5.41, 5.74) is 14.3. The summed E-state index contributed by atoms with van der Waals surface area (Å²) in [6.07, 6.45) is 33.4. The Morgan fingerprint density at radius 3 is 1.17 bits per heavy atom. The summed E-state index contributed by atoms with van der Waals surface area (Å²) >= 11 is 2.87. The Labute approximate surface area is 793 Å². The zero-order chi connectivity index (χ0) is 93.6. The minimum atomic E-state index is -1.00. The number of nitrogens with zero attached hydrogens (tertiary/aromatic N) is 21. The number of thiazole rings is 2. The standard InChI is InChI=1S/C26H31N7O3S.C25H29N7O2S.C25H26N6O3.C23H23N5O2/c1-26(2,34)25-28-13-22(37-25)19-14-33-7-6-27-24(33)23(30-19)29-17-4-5-20(21(12-17)35-3)32-10-8-31(9-11-32)18-15-36-16-18;1-25(2,33)24-27-13-21(35-24)20-14-32-8-7-26-23(32)22(29-20)28-17-3-5-18(6-4-17)30-9-11-31(12-10-30)19-15-34-16-19;1-25(32)14-31(15-25)20-6-5-18(11-21(20)33-2)28-22-23-26-7-8-30(23)13-19(29-22)17-10-16-4-3-9-34-24(16)27-12-17;1-23(2,29)17-5-7-18(8-6-17)26-20-21-24-9-10-28(21)14-19(27-20)16-12-15-4-3-11-30-22(15)25-13-16/h4-7,12-14,18,34H,8-11,15-16H2,1-3H3,(H,29,30);3-8,13-14,19,33H,9-12,15-16H2,1-2H3,(H,28,29);5-8,10-13,32H,3-4,9,14-15H2,1-2H3,(H,28,29);5-10,12-14,29H,3-4,11H2,1-2H3,(H,26,27). The van der Waals surface area contributed by atoms with Crippen molar-refractivity contribution in [2.45, 2.75) is 109 Å². The molecule has 37 heteroatoms. The number of methoxy groups -OCH3 is 2. The van der Waals surface area contributed by atoms with E-state index in [9.17, 15) is 20.4 Å². The van der Waals surface area contributed by atoms with E-state index in [1.807, 2.05) is 123 Å². The minimum absolute atomic E-state index is 0.574. The third-order valence-corrected chi connectivity index (χ3v) is 27.7. The predicted molar refractivity (Wildman–Crippen MR) is 526 cm³/mol. The number of rotatable bonds is 22. The summed E-state index contributed by atoms with van der Waals surface area (Å²) in [6, 6.07) is 33.7. The number of hydrogen-bond donors (Lipinski definition) is 8. The van der Waals surface area contributed by atoms with Crippen LogP contribution in [0.25, 0.3) is 66.2 Å². The molecule has 4 aromatic carbocycles. The Hall–Kier alpha value is -13.6. The lowest BCUT2D eigenvalue weighted by Crippen LogP contribution is -2.60. The van der Waals surface area contributed by atoms with Gasteiger partial charge in [0.25, 0.3) is 0 Å². The first-order valence-electron chi connectivity index (χ1n) is 45.7. The number of nitrogens with one attached hydrogen (secondary N) is 4. The van der Waals surface area contributed by atoms with Gasteiger partial charge in [-0.2, -0.15) is 0 Å². The average Bonchev–Trinajstić information content (AvgIpc) is 1.22. The number of imidazole rings is 4. The topological polar surface area (TPSA) is 373 Å². The molecule has 0 unspecified atom stereocenters. The minimum Gasteiger partial charge on any atom is -0.495 e. The van der Waals surface area contributed by atoms with Gasteiger partial charge in [-0.15, -0.1) is 22.7 Å². The number of β-amino-alcohol motifs (C(OH)–C–C–N with tert-alkyl or cyclic N) is 1. The van der Waals surface area contributed by atoms with Crippen LogP contribution in [-0.4, -0.2) is 245 Å². The summed E-state index contributed by atoms with van der Waals surface area (Å²) in [5, 5.41) is 55.9. The summed E-state index contributed by atoms with van der Waals surface area (Å²) in [4.78, 5) is 68.9. The van der Waals surface area contributed by atoms with E-state index in [1.54, 1.807) is 105 Å². The van der Waals surface area contributed by atoms with Crippen molar-refractivity contribution in [2.24, 2.45) is 0 Å². The van der Waals surface area contributed by atoms with E-state index in [4.69, 9.17) is 48.4 Å². The summed E-state index contributed by atoms with van der Waals surface area (Å²) in [5.74, 6) is 5.59. The Kier molecular flexibility index (Phi) is 25.2. The van der Waals surface area contributed by atoms with E-state index in [0.29, 0.717) is 70.9 Å². The van der Waals surface area contributed by atoms with Crippen molar-refractivity contribution in [1.82, 2.24) is 87.2 Å². The first kappa shape index (κ1) is 90.2. The van der Waals surface area contributed by atoms with Crippen LogP contribution in [0.3, 0.4) is 0 Å². The van der Waals surface area contributed by atoms with Crippen LogP contribution in [0.15, 0.2) is 196 Å². The molecule has 5 saturated heterocycles. The number of anilines is 11. The highest BCUT2D eigenvalue weighted by Crippen LogP contribution is 2.42. The molecule has 0 radical (unpaired) electrons. The SMILES string of the molecule is CC(C)(O)c1ccc(Nc2nc(-c3cnc4c(c3)CCCO4)cn3ccnc23)cc1.CC(C)(O)c1ncc(-c2cn3ccnc3c(Nc3ccc(N4CCN(C5COC5)CC4)cc3)n2)s1.COc1cc(Nc2nc(-c3cnc(C(C)(C)O)s3)cn3ccnc23)ccc1N1CCN(C2COC2)CC1.COc1cc(Nc2nc(-c3cnc4c(c3)CCCO4)cn3ccnc23)ccc1N1CC(C)(O)C1. The molecule has 23 rings (SSSR count). The first-order chi connectivity index (χ1) is 65.8. The molecule has 7 aliphatic heterocycles. The quantitative estimate of drug-likeness (QED) is 0.0312. The van der Waals surface area contributed by atoms with Crippen molar-refractivity contribution < 1.29 is 48.8 Å². The number of ether oxygens (including phenoxy) is 6. The van der Waals surface area contributed by atoms with Gasteiger partial charge in [-0.3, -0.25) is 9.80 Å². The monoisotopic (exact) mass is 1870 g/mol. The maximum absolute atomic E-state index is 10.3. The number of aromatic nitrogens is 16. The van der Waals surface area contributed by atoms with Crippen molar-refractivity contribution in [2.75, 3.05) is 155 Å². The second kappa shape index (κ2) is 37.9. The Morgan fingerprint density at radius 1 is 0.419 bits per heavy atom. The highest BCUT2D eigenvalue weighted by molar-refractivity contribution is 7.15. The fraction of sp³-hybridized carbons (Fsp3) is 0.354. The third-order valence-electron chi connectivity index (χ3n) is 25.0. The van der Waals surface area contributed by atoms with Gasteiger partial charge < -0.3 is 102 Å². The number of piperazine rings is 2. The normalized spacial score (nSPS) is 16.4. The highest BCUT2D eigenvalue weighted by Gasteiger charge is 2.39. The fourth-order valence-corrected chi connectivity index (χ4v) is 19.2. The second-order valence-electron chi connectivity index (χ2n) is 36.7. The number of aliphatic hydroxyl groups is 4. The van der Waals surface area contributed by atoms with Gasteiger partial charge in [0.05, 0.1) is 110 Å². The van der Waals surface area contributed by atoms with Crippen LogP contribution in [0.5, 0.6) is 23.3 Å². The summed E-state index contributed by atoms with van der Waals surface area (Å²) in [6.45, 7) is 26.6. The Morgan fingerprint density at radius 2 is 0.794 bits per heavy atom. The summed E-state index contributed by atoms with van der Waals surface area (Å²) < 4.78 is 41.2. The van der Waals surface area contributed by atoms with Crippen molar-refractivity contribution in [3.8, 4) is 66.9 Å². The van der Waals surface area contributed by atoms with Crippen LogP contribution in [0.1, 0.15) is 88.0 Å². The van der Waals surface area contributed by atoms with Crippen LogP contribution in [0, 0.1) is 0 Å². The van der Waals surface area contributed by atoms with Gasteiger partial charge in [-0.05, 0) is 153 Å². The van der Waals surface area contributed by atoms with E-state index >= 15 is 0 Å². The largest absolute Gasteiger partial charge is 0.495 e. The van der Waals surface area contributed by atoms with Crippen LogP contribution >= 0.6 is 22.7 Å². The molecule has 702 valence electrons. The molecule has 136 heavy (non-hydrogen) atoms. The predicted octanol–water partition coefficient (Wildman–Crippen LogP) is 14.2. The number of pyridine rings is 2. The van der Waals surface area contributed by atoms with Crippen LogP contribution in [0.4, 0.5) is 63.1 Å². The van der Waals surface area contributed by atoms with Gasteiger partial charge in [-0.25, -0.2) is 59.8 Å². The summed E-state index contributed by atoms with van der Waals surface area (Å²) in [7, 11) is 3.36. The smallest absolute Gasteiger partial charge is 0.216 e. The van der Waals surface area contributed by atoms with Crippen LogP contribution in [-0.2, 0) is 39.1 Å². The molecule has 0 saturated carbocycles. The van der Waals surface area contributed by atoms with E-state index < -0.39 is 22.4 Å². The molecule has 0 atom stereocenters. The number of hydrogen-bond acceptors (Lipinski definition) is 33. The molecule has 35 nitrogen and oxygen atoms in total. The van der Waals surface area contributed by atoms with E-state index in [-0.39, 0.29) is 0 Å². The molecule has 0 amide bonds. The number of benzene rings is 4. The molecule has 16 aromatic rings. The van der Waals surface area contributed by atoms with Gasteiger partial charge in [-0.1, -0.05) is 12.1 Å². The van der Waals surface area contributed by atoms with E-state index in [0.717, 1.165) is 246 Å². The van der Waals surface area contributed by atoms with Crippen molar-refractivity contribution >= 4 is 108 Å². The Balaban J connectivity index is 0.000000112. The van der Waals surface area contributed by atoms with Gasteiger partial charge in [0.15, 0.2) is 45.9 Å². The molecule has 12 aromatic heterocycles. The average molecular weight is 1870 g/mol. The zero-order valence-electron chi connectivity index (χ0n) is 77.2. The fourth-order valence-electron chi connectivity index (χ4n) is 17.5. The molecule has 8 N–H and O–H groups in total. The molecular weight excluding hydrogens is 1760 g/mol. The molecule has 7 aliphatic rings. The lowest BCUT2D eigenvalue weighted by molar-refractivity contribution is -0.0660. The first-order valence-corrected chi connectivity index (χ1v) is 47.4. The molecule has 0 bridgehead atoms. The van der Waals surface area contributed by atoms with Crippen molar-refractivity contribution in [3.05, 3.63) is 223 Å². The van der Waals surface area contributed by atoms with Crippen molar-refractivity contribution in [3.63, 3.8) is 0 Å². The van der Waals surface area contributed by atoms with Gasteiger partial charge >= 0.3 is 0 Å².